The monoisotopic (exact) mass is 509 g/mol. The Hall–Kier alpha value is -1.18. The standard InChI is InChI=1S/C8H3F15O3S.C2H7N/c9-2(10,1-27(24,25)26)3(11,12)4(13,14)5(15,16)6(17,18)7(19,20)8(21,22)23;1-3-2/h1H2,(H,24,25,26);3H,1-2H3. The van der Waals surface area contributed by atoms with Crippen LogP contribution in [0.5, 0.6) is 0 Å². The molecular weight excluding hydrogens is 499 g/mol. The molecular formula is C10H10F15NO3S. The van der Waals surface area contributed by atoms with Gasteiger partial charge in [0.1, 0.15) is 15.9 Å². The van der Waals surface area contributed by atoms with E-state index in [9.17, 15) is 78.8 Å². The summed E-state index contributed by atoms with van der Waals surface area (Å²) in [6.45, 7) is 0. The van der Waals surface area contributed by atoms with E-state index in [0.29, 0.717) is 0 Å². The molecule has 2 N–H and O–H groups in total. The van der Waals surface area contributed by atoms with Crippen LogP contribution in [0.1, 0.15) is 0 Å². The second-order valence-corrected chi connectivity index (χ2v) is 6.76. The van der Waals surface area contributed by atoms with Crippen LogP contribution in [0.25, 0.3) is 0 Å². The van der Waals surface area contributed by atoms with Crippen LogP contribution in [0.4, 0.5) is 65.9 Å². The van der Waals surface area contributed by atoms with Gasteiger partial charge >= 0.3 is 41.7 Å². The second kappa shape index (κ2) is 8.40. The highest BCUT2D eigenvalue weighted by atomic mass is 32.2. The summed E-state index contributed by atoms with van der Waals surface area (Å²) in [6, 6.07) is 0. The number of hydrogen-bond acceptors (Lipinski definition) is 3. The van der Waals surface area contributed by atoms with Gasteiger partial charge in [0.25, 0.3) is 0 Å². The van der Waals surface area contributed by atoms with Crippen molar-refractivity contribution < 1.29 is 84.1 Å². The predicted octanol–water partition coefficient (Wildman–Crippen LogP) is 2.72. The predicted molar refractivity (Wildman–Crippen MR) is 64.1 cm³/mol. The van der Waals surface area contributed by atoms with Crippen molar-refractivity contribution in [2.45, 2.75) is 41.7 Å². The number of alkyl halides is 15. The van der Waals surface area contributed by atoms with Crippen LogP contribution >= 0.6 is 0 Å². The molecule has 0 heterocycles. The van der Waals surface area contributed by atoms with Crippen molar-refractivity contribution in [1.29, 1.82) is 0 Å². The molecule has 30 heavy (non-hydrogen) atoms. The summed E-state index contributed by atoms with van der Waals surface area (Å²) >= 11 is 0. The van der Waals surface area contributed by atoms with E-state index in [1.165, 1.54) is 0 Å². The molecule has 0 radical (unpaired) electrons. The lowest BCUT2D eigenvalue weighted by atomic mass is 9.91. The topological polar surface area (TPSA) is 73.8 Å². The lowest BCUT2D eigenvalue weighted by molar-refractivity contribution is -0.597. The van der Waals surface area contributed by atoms with Crippen molar-refractivity contribution in [3.63, 3.8) is 0 Å². The van der Waals surface area contributed by atoms with Crippen LogP contribution in [-0.4, -0.2) is 74.5 Å². The van der Waals surface area contributed by atoms with Gasteiger partial charge in [-0.1, -0.05) is 0 Å². The third kappa shape index (κ3) is 5.17. The van der Waals surface area contributed by atoms with Gasteiger partial charge in [0.2, 0.25) is 0 Å². The molecule has 20 heteroatoms. The smallest absolute Gasteiger partial charge is 0.460 e. The van der Waals surface area contributed by atoms with Gasteiger partial charge in [-0.2, -0.15) is 65.9 Å². The Morgan fingerprint density at radius 3 is 1.07 bits per heavy atom. The molecule has 0 saturated carbocycles. The molecule has 0 rings (SSSR count). The van der Waals surface area contributed by atoms with Crippen LogP contribution in [0.3, 0.4) is 0 Å². The van der Waals surface area contributed by atoms with E-state index >= 15 is 0 Å². The van der Waals surface area contributed by atoms with Gasteiger partial charge in [-0.05, 0) is 0 Å². The first-order valence-electron chi connectivity index (χ1n) is 6.63. The summed E-state index contributed by atoms with van der Waals surface area (Å²) in [5.41, 5.74) is 0. The van der Waals surface area contributed by atoms with Crippen LogP contribution in [0, 0.1) is 0 Å². The largest absolute Gasteiger partial charge is 0.748 e. The molecule has 0 aliphatic heterocycles. The highest BCUT2D eigenvalue weighted by Crippen LogP contribution is 2.62. The van der Waals surface area contributed by atoms with Crippen LogP contribution < -0.4 is 5.32 Å². The van der Waals surface area contributed by atoms with E-state index in [1.807, 2.05) is 19.4 Å². The van der Waals surface area contributed by atoms with E-state index in [4.69, 9.17) is 0 Å². The first-order chi connectivity index (χ1) is 12.6. The number of rotatable bonds is 7. The Morgan fingerprint density at radius 2 is 0.833 bits per heavy atom. The molecule has 0 aromatic rings. The molecule has 0 aliphatic rings. The van der Waals surface area contributed by atoms with Crippen molar-refractivity contribution in [1.82, 2.24) is 0 Å². The van der Waals surface area contributed by atoms with Crippen molar-refractivity contribution in [2.75, 3.05) is 19.8 Å². The summed E-state index contributed by atoms with van der Waals surface area (Å²) in [6.07, 6.45) is -7.73. The number of halogens is 15. The Labute approximate surface area is 157 Å². The second-order valence-electron chi connectivity index (χ2n) is 5.35. The molecule has 0 spiro atoms. The average molecular weight is 509 g/mol. The maximum atomic E-state index is 13.0. The molecule has 0 fully saturated rings. The molecule has 0 amide bonds. The minimum atomic E-state index is -8.52. The molecule has 0 bridgehead atoms. The molecule has 0 atom stereocenters. The van der Waals surface area contributed by atoms with Crippen LogP contribution in [0.2, 0.25) is 0 Å². The summed E-state index contributed by atoms with van der Waals surface area (Å²) < 4.78 is 219. The Bertz CT molecular complexity index is 685. The first-order valence-corrected chi connectivity index (χ1v) is 8.21. The fraction of sp³-hybridized carbons (Fsp3) is 1.00. The van der Waals surface area contributed by atoms with Crippen molar-refractivity contribution in [3.05, 3.63) is 0 Å². The molecule has 0 aromatic carbocycles. The normalized spacial score (nSPS) is 15.5. The summed E-state index contributed by atoms with van der Waals surface area (Å²) in [5.74, 6) is -52.4. The van der Waals surface area contributed by atoms with Gasteiger partial charge in [0.15, 0.2) is 0 Å². The van der Waals surface area contributed by atoms with Gasteiger partial charge in [-0.25, -0.2) is 8.42 Å². The Kier molecular flexibility index (Phi) is 8.68. The SMILES string of the molecule is C[NH2+]C.O=S(=O)([O-])CC(F)(F)C(F)(F)C(F)(F)C(F)(F)C(F)(F)C(F)(F)C(F)(F)F. The van der Waals surface area contributed by atoms with Crippen LogP contribution in [-0.2, 0) is 10.1 Å². The zero-order valence-electron chi connectivity index (χ0n) is 14.1. The van der Waals surface area contributed by atoms with E-state index in [2.05, 4.69) is 0 Å². The van der Waals surface area contributed by atoms with E-state index in [-0.39, 0.29) is 0 Å². The summed E-state index contributed by atoms with van der Waals surface area (Å²) in [7, 11) is -2.63. The van der Waals surface area contributed by atoms with Crippen molar-refractivity contribution in [2.24, 2.45) is 0 Å². The third-order valence-corrected chi connectivity index (χ3v) is 3.47. The highest BCUT2D eigenvalue weighted by Gasteiger charge is 2.93. The fourth-order valence-electron chi connectivity index (χ4n) is 1.31. The molecule has 0 unspecified atom stereocenters. The maximum Gasteiger partial charge on any atom is 0.460 e. The first kappa shape index (κ1) is 31.0. The molecule has 0 aromatic heterocycles. The van der Waals surface area contributed by atoms with Gasteiger partial charge in [-0.3, -0.25) is 0 Å². The van der Waals surface area contributed by atoms with E-state index < -0.39 is 57.6 Å². The molecule has 4 nitrogen and oxygen atoms in total. The maximum absolute atomic E-state index is 13.0. The van der Waals surface area contributed by atoms with Gasteiger partial charge < -0.3 is 9.87 Å². The average Bonchev–Trinajstić information content (AvgIpc) is 2.43. The zero-order valence-corrected chi connectivity index (χ0v) is 14.9. The Morgan fingerprint density at radius 1 is 0.600 bits per heavy atom. The Balaban J connectivity index is 0. The fourth-order valence-corrected chi connectivity index (χ4v) is 1.94. The third-order valence-electron chi connectivity index (χ3n) is 2.75. The highest BCUT2D eigenvalue weighted by molar-refractivity contribution is 7.85. The van der Waals surface area contributed by atoms with Crippen molar-refractivity contribution in [3.8, 4) is 0 Å². The van der Waals surface area contributed by atoms with Crippen LogP contribution in [0.15, 0.2) is 0 Å². The minimum absolute atomic E-state index is 2.00. The molecule has 184 valence electrons. The summed E-state index contributed by atoms with van der Waals surface area (Å²) in [4.78, 5) is 0. The van der Waals surface area contributed by atoms with Gasteiger partial charge in [-0.15, -0.1) is 0 Å². The number of quaternary nitrogens is 1. The zero-order chi connectivity index (χ0) is 25.4. The number of hydrogen-bond donors (Lipinski definition) is 1. The van der Waals surface area contributed by atoms with E-state index in [0.717, 1.165) is 0 Å². The quantitative estimate of drug-likeness (QED) is 0.424. The minimum Gasteiger partial charge on any atom is -0.748 e. The molecule has 0 saturated heterocycles. The summed E-state index contributed by atoms with van der Waals surface area (Å²) in [5, 5.41) is 2.00. The van der Waals surface area contributed by atoms with E-state index in [1.54, 1.807) is 0 Å². The lowest BCUT2D eigenvalue weighted by Gasteiger charge is -2.41. The van der Waals surface area contributed by atoms with Crippen molar-refractivity contribution >= 4 is 10.1 Å². The number of nitrogens with two attached hydrogens (primary N) is 1. The lowest BCUT2D eigenvalue weighted by Crippen LogP contribution is -2.74. The van der Waals surface area contributed by atoms with Gasteiger partial charge in [0, 0.05) is 0 Å². The van der Waals surface area contributed by atoms with Gasteiger partial charge in [0.05, 0.1) is 14.1 Å². The molecule has 0 aliphatic carbocycles.